The Balaban J connectivity index is 2.23. The lowest BCUT2D eigenvalue weighted by atomic mass is 10.1. The van der Waals surface area contributed by atoms with Gasteiger partial charge in [0.15, 0.2) is 0 Å². The first-order valence-corrected chi connectivity index (χ1v) is 8.03. The largest absolute Gasteiger partial charge is 0.497 e. The molecule has 0 bridgehead atoms. The van der Waals surface area contributed by atoms with Crippen LogP contribution in [0.25, 0.3) is 0 Å². The minimum Gasteiger partial charge on any atom is -0.497 e. The van der Waals surface area contributed by atoms with E-state index in [2.05, 4.69) is 29.8 Å². The predicted octanol–water partition coefficient (Wildman–Crippen LogP) is 3.42. The van der Waals surface area contributed by atoms with Crippen molar-refractivity contribution in [2.75, 3.05) is 20.2 Å². The van der Waals surface area contributed by atoms with Gasteiger partial charge in [0.1, 0.15) is 5.75 Å². The van der Waals surface area contributed by atoms with Crippen molar-refractivity contribution in [1.29, 1.82) is 0 Å². The molecule has 1 fully saturated rings. The highest BCUT2D eigenvalue weighted by Gasteiger charge is 2.27. The van der Waals surface area contributed by atoms with Crippen molar-refractivity contribution >= 4 is 33.6 Å². The minimum absolute atomic E-state index is 0.0739. The monoisotopic (exact) mass is 343 g/mol. The highest BCUT2D eigenvalue weighted by molar-refractivity contribution is 9.10. The number of benzene rings is 1. The Kier molecular flexibility index (Phi) is 4.79. The number of carbonyl (C=O) groups excluding carboxylic acids is 1. The van der Waals surface area contributed by atoms with Gasteiger partial charge < -0.3 is 9.64 Å². The summed E-state index contributed by atoms with van der Waals surface area (Å²) in [6.45, 7) is 5.94. The second kappa shape index (κ2) is 6.18. The average Bonchev–Trinajstić information content (AvgIpc) is 2.37. The van der Waals surface area contributed by atoms with Gasteiger partial charge in [0.2, 0.25) is 0 Å². The molecule has 1 aliphatic heterocycles. The molecule has 1 amide bonds. The van der Waals surface area contributed by atoms with E-state index in [9.17, 15) is 4.79 Å². The van der Waals surface area contributed by atoms with Crippen molar-refractivity contribution in [1.82, 2.24) is 4.90 Å². The summed E-state index contributed by atoms with van der Waals surface area (Å²) in [5.41, 5.74) is 0.672. The highest BCUT2D eigenvalue weighted by atomic mass is 79.9. The number of hydrogen-bond donors (Lipinski definition) is 0. The maximum absolute atomic E-state index is 12.6. The van der Waals surface area contributed by atoms with E-state index in [0.29, 0.717) is 21.8 Å². The molecule has 0 aliphatic carbocycles. The van der Waals surface area contributed by atoms with Crippen LogP contribution in [0.15, 0.2) is 22.7 Å². The van der Waals surface area contributed by atoms with Gasteiger partial charge in [0.05, 0.1) is 12.7 Å². The second-order valence-electron chi connectivity index (χ2n) is 4.81. The van der Waals surface area contributed by atoms with Crippen LogP contribution >= 0.6 is 27.7 Å². The number of amides is 1. The van der Waals surface area contributed by atoms with Crippen LogP contribution in [0.3, 0.4) is 0 Å². The first-order chi connectivity index (χ1) is 9.01. The van der Waals surface area contributed by atoms with Gasteiger partial charge in [0.25, 0.3) is 5.91 Å². The summed E-state index contributed by atoms with van der Waals surface area (Å²) in [5.74, 6) is 0.781. The number of halogens is 1. The number of rotatable bonds is 2. The minimum atomic E-state index is 0.0739. The summed E-state index contributed by atoms with van der Waals surface area (Å²) in [7, 11) is 1.61. The fraction of sp³-hybridized carbons (Fsp3) is 0.500. The van der Waals surface area contributed by atoms with Gasteiger partial charge in [-0.2, -0.15) is 11.8 Å². The summed E-state index contributed by atoms with van der Waals surface area (Å²) in [5, 5.41) is 0.967. The summed E-state index contributed by atoms with van der Waals surface area (Å²) in [6.07, 6.45) is 0. The van der Waals surface area contributed by atoms with Gasteiger partial charge in [-0.05, 0) is 34.1 Å². The zero-order valence-corrected chi connectivity index (χ0v) is 13.8. The smallest absolute Gasteiger partial charge is 0.255 e. The van der Waals surface area contributed by atoms with E-state index in [4.69, 9.17) is 4.74 Å². The molecule has 2 rings (SSSR count). The van der Waals surface area contributed by atoms with Gasteiger partial charge >= 0.3 is 0 Å². The lowest BCUT2D eigenvalue weighted by Crippen LogP contribution is -2.44. The summed E-state index contributed by atoms with van der Waals surface area (Å²) in [4.78, 5) is 14.5. The Bertz CT molecular complexity index is 471. The third kappa shape index (κ3) is 3.45. The Morgan fingerprint density at radius 1 is 1.37 bits per heavy atom. The van der Waals surface area contributed by atoms with Crippen LogP contribution in [-0.4, -0.2) is 41.5 Å². The van der Waals surface area contributed by atoms with Gasteiger partial charge in [-0.1, -0.05) is 13.8 Å². The van der Waals surface area contributed by atoms with E-state index in [1.165, 1.54) is 0 Å². The third-order valence-corrected chi connectivity index (χ3v) is 5.03. The highest BCUT2D eigenvalue weighted by Crippen LogP contribution is 2.28. The average molecular weight is 344 g/mol. The maximum Gasteiger partial charge on any atom is 0.255 e. The molecule has 1 aromatic rings. The third-order valence-electron chi connectivity index (χ3n) is 3.11. The summed E-state index contributed by atoms with van der Waals surface area (Å²) >= 11 is 5.39. The van der Waals surface area contributed by atoms with Crippen molar-refractivity contribution in [3.05, 3.63) is 28.2 Å². The number of thioether (sulfide) groups is 1. The Hall–Kier alpha value is -0.680. The maximum atomic E-state index is 12.6. The molecule has 3 nitrogen and oxygen atoms in total. The Morgan fingerprint density at radius 2 is 2.00 bits per heavy atom. The van der Waals surface area contributed by atoms with Crippen molar-refractivity contribution in [3.8, 4) is 5.75 Å². The molecule has 0 aromatic heterocycles. The van der Waals surface area contributed by atoms with Crippen molar-refractivity contribution in [2.24, 2.45) is 0 Å². The lowest BCUT2D eigenvalue weighted by Gasteiger charge is -2.34. The standard InChI is InChI=1S/C14H18BrNO2S/c1-9-7-16(8-10(2)19-9)14(17)12-6-11(18-3)4-5-13(12)15/h4-6,9-10H,7-8H2,1-3H3. The molecule has 1 aliphatic rings. The Morgan fingerprint density at radius 3 is 2.58 bits per heavy atom. The fourth-order valence-corrected chi connectivity index (χ4v) is 4.05. The zero-order chi connectivity index (χ0) is 14.0. The van der Waals surface area contributed by atoms with Crippen molar-refractivity contribution in [3.63, 3.8) is 0 Å². The van der Waals surface area contributed by atoms with Crippen molar-refractivity contribution < 1.29 is 9.53 Å². The van der Waals surface area contributed by atoms with Crippen LogP contribution in [0.1, 0.15) is 24.2 Å². The predicted molar refractivity (Wildman–Crippen MR) is 83.1 cm³/mol. The number of carbonyl (C=O) groups is 1. The van der Waals surface area contributed by atoms with Crippen LogP contribution in [0, 0.1) is 0 Å². The van der Waals surface area contributed by atoms with Gasteiger partial charge in [-0.25, -0.2) is 0 Å². The van der Waals surface area contributed by atoms with E-state index in [1.54, 1.807) is 13.2 Å². The topological polar surface area (TPSA) is 29.5 Å². The number of methoxy groups -OCH3 is 1. The molecule has 0 N–H and O–H groups in total. The molecule has 2 unspecified atom stereocenters. The molecule has 2 atom stereocenters. The molecule has 1 heterocycles. The van der Waals surface area contributed by atoms with Crippen LogP contribution in [0.5, 0.6) is 5.75 Å². The van der Waals surface area contributed by atoms with Gasteiger partial charge in [-0.3, -0.25) is 4.79 Å². The van der Waals surface area contributed by atoms with E-state index < -0.39 is 0 Å². The van der Waals surface area contributed by atoms with Crippen LogP contribution in [0.4, 0.5) is 0 Å². The molecule has 0 spiro atoms. The molecule has 5 heteroatoms. The summed E-state index contributed by atoms with van der Waals surface area (Å²) in [6, 6.07) is 5.50. The lowest BCUT2D eigenvalue weighted by molar-refractivity contribution is 0.0752. The van der Waals surface area contributed by atoms with E-state index in [-0.39, 0.29) is 5.91 Å². The summed E-state index contributed by atoms with van der Waals surface area (Å²) < 4.78 is 6.01. The molecule has 19 heavy (non-hydrogen) atoms. The van der Waals surface area contributed by atoms with Gasteiger partial charge in [-0.15, -0.1) is 0 Å². The van der Waals surface area contributed by atoms with Crippen LogP contribution < -0.4 is 4.74 Å². The first kappa shape index (κ1) is 14.7. The van der Waals surface area contributed by atoms with E-state index in [0.717, 1.165) is 17.6 Å². The number of ether oxygens (including phenoxy) is 1. The van der Waals surface area contributed by atoms with E-state index in [1.807, 2.05) is 28.8 Å². The van der Waals surface area contributed by atoms with Gasteiger partial charge in [0, 0.05) is 28.1 Å². The molecular formula is C14H18BrNO2S. The zero-order valence-electron chi connectivity index (χ0n) is 11.4. The fourth-order valence-electron chi connectivity index (χ4n) is 2.31. The normalized spacial score (nSPS) is 23.3. The molecular weight excluding hydrogens is 326 g/mol. The molecule has 0 radical (unpaired) electrons. The molecule has 104 valence electrons. The molecule has 0 saturated carbocycles. The number of nitrogens with zero attached hydrogens (tertiary/aromatic N) is 1. The van der Waals surface area contributed by atoms with Crippen LogP contribution in [0.2, 0.25) is 0 Å². The first-order valence-electron chi connectivity index (χ1n) is 6.29. The molecule has 1 aromatic carbocycles. The second-order valence-corrected chi connectivity index (χ2v) is 7.55. The Labute approximate surface area is 126 Å². The van der Waals surface area contributed by atoms with Crippen LogP contribution in [-0.2, 0) is 0 Å². The van der Waals surface area contributed by atoms with E-state index >= 15 is 0 Å². The SMILES string of the molecule is COc1ccc(Br)c(C(=O)N2CC(C)SC(C)C2)c1. The number of hydrogen-bond acceptors (Lipinski definition) is 3. The molecule has 1 saturated heterocycles. The van der Waals surface area contributed by atoms with Crippen molar-refractivity contribution in [2.45, 2.75) is 24.3 Å². The quantitative estimate of drug-likeness (QED) is 0.823.